The molecular formula is C16H21F3O. The van der Waals surface area contributed by atoms with E-state index in [-0.39, 0.29) is 0 Å². The molecule has 1 aromatic rings. The van der Waals surface area contributed by atoms with Gasteiger partial charge in [0.25, 0.3) is 0 Å². The molecule has 0 heterocycles. The van der Waals surface area contributed by atoms with Crippen LogP contribution >= 0.6 is 0 Å². The second-order valence-corrected chi connectivity index (χ2v) is 5.07. The number of alkyl halides is 3. The van der Waals surface area contributed by atoms with Crippen LogP contribution in [0.2, 0.25) is 0 Å². The zero-order valence-corrected chi connectivity index (χ0v) is 11.9. The van der Waals surface area contributed by atoms with Gasteiger partial charge in [-0.25, -0.2) is 0 Å². The third kappa shape index (κ3) is 6.24. The molecular weight excluding hydrogens is 265 g/mol. The zero-order valence-electron chi connectivity index (χ0n) is 11.9. The number of hydrogen-bond acceptors (Lipinski definition) is 1. The lowest BCUT2D eigenvalue weighted by molar-refractivity contribution is -0.171. The molecule has 1 atom stereocenters. The summed E-state index contributed by atoms with van der Waals surface area (Å²) in [6.45, 7) is 4.07. The first-order valence-corrected chi connectivity index (χ1v) is 6.76. The van der Waals surface area contributed by atoms with Crippen LogP contribution < -0.4 is 0 Å². The van der Waals surface area contributed by atoms with Gasteiger partial charge in [-0.1, -0.05) is 56.3 Å². The van der Waals surface area contributed by atoms with Crippen LogP contribution in [-0.4, -0.2) is 12.8 Å². The highest BCUT2D eigenvalue weighted by molar-refractivity contribution is 5.13. The summed E-state index contributed by atoms with van der Waals surface area (Å²) in [6, 6.07) is 9.68. The lowest BCUT2D eigenvalue weighted by Gasteiger charge is -2.20. The fourth-order valence-corrected chi connectivity index (χ4v) is 1.87. The van der Waals surface area contributed by atoms with Gasteiger partial charge in [0.05, 0.1) is 19.1 Å². The third-order valence-electron chi connectivity index (χ3n) is 2.98. The van der Waals surface area contributed by atoms with Crippen molar-refractivity contribution in [2.24, 2.45) is 11.8 Å². The molecule has 0 aliphatic carbocycles. The zero-order chi connectivity index (χ0) is 15.0. The SMILES string of the molecule is CC(C)C(/C=C/CCOCc1ccccc1)C(F)(F)F. The first-order chi connectivity index (χ1) is 9.41. The van der Waals surface area contributed by atoms with E-state index >= 15 is 0 Å². The molecule has 0 aliphatic rings. The molecule has 0 aromatic heterocycles. The molecule has 0 aliphatic heterocycles. The Morgan fingerprint density at radius 2 is 1.80 bits per heavy atom. The van der Waals surface area contributed by atoms with Crippen LogP contribution in [0.15, 0.2) is 42.5 Å². The summed E-state index contributed by atoms with van der Waals surface area (Å²) in [5.74, 6) is -1.83. The van der Waals surface area contributed by atoms with Gasteiger partial charge in [-0.3, -0.25) is 0 Å². The summed E-state index contributed by atoms with van der Waals surface area (Å²) in [4.78, 5) is 0. The smallest absolute Gasteiger partial charge is 0.376 e. The van der Waals surface area contributed by atoms with Crippen molar-refractivity contribution >= 4 is 0 Å². The van der Waals surface area contributed by atoms with E-state index in [1.807, 2.05) is 30.3 Å². The van der Waals surface area contributed by atoms with Crippen molar-refractivity contribution in [1.82, 2.24) is 0 Å². The second-order valence-electron chi connectivity index (χ2n) is 5.07. The largest absolute Gasteiger partial charge is 0.395 e. The van der Waals surface area contributed by atoms with Crippen molar-refractivity contribution in [2.75, 3.05) is 6.61 Å². The van der Waals surface area contributed by atoms with Crippen molar-refractivity contribution in [3.05, 3.63) is 48.0 Å². The van der Waals surface area contributed by atoms with E-state index in [4.69, 9.17) is 4.74 Å². The maximum atomic E-state index is 12.7. The van der Waals surface area contributed by atoms with Crippen LogP contribution in [-0.2, 0) is 11.3 Å². The maximum Gasteiger partial charge on any atom is 0.395 e. The van der Waals surface area contributed by atoms with E-state index in [1.54, 1.807) is 19.9 Å². The third-order valence-corrected chi connectivity index (χ3v) is 2.98. The van der Waals surface area contributed by atoms with Crippen LogP contribution in [0.1, 0.15) is 25.8 Å². The Morgan fingerprint density at radius 1 is 1.15 bits per heavy atom. The van der Waals surface area contributed by atoms with Gasteiger partial charge in [0.2, 0.25) is 0 Å². The van der Waals surface area contributed by atoms with Gasteiger partial charge in [0, 0.05) is 0 Å². The Balaban J connectivity index is 2.27. The number of allylic oxidation sites excluding steroid dienone is 1. The molecule has 20 heavy (non-hydrogen) atoms. The van der Waals surface area contributed by atoms with Crippen molar-refractivity contribution in [3.8, 4) is 0 Å². The van der Waals surface area contributed by atoms with E-state index in [1.165, 1.54) is 6.08 Å². The highest BCUT2D eigenvalue weighted by atomic mass is 19.4. The van der Waals surface area contributed by atoms with Crippen LogP contribution in [0, 0.1) is 11.8 Å². The van der Waals surface area contributed by atoms with Crippen molar-refractivity contribution in [3.63, 3.8) is 0 Å². The molecule has 1 rings (SSSR count). The number of halogens is 3. The molecule has 0 spiro atoms. The average Bonchev–Trinajstić information content (AvgIpc) is 2.37. The maximum absolute atomic E-state index is 12.7. The first kappa shape index (κ1) is 16.8. The van der Waals surface area contributed by atoms with Gasteiger partial charge < -0.3 is 4.74 Å². The fraction of sp³-hybridized carbons (Fsp3) is 0.500. The second kappa shape index (κ2) is 8.10. The van der Waals surface area contributed by atoms with Gasteiger partial charge in [0.1, 0.15) is 0 Å². The molecule has 1 nitrogen and oxygen atoms in total. The summed E-state index contributed by atoms with van der Waals surface area (Å²) < 4.78 is 43.5. The molecule has 0 amide bonds. The molecule has 0 saturated carbocycles. The molecule has 0 N–H and O–H groups in total. The Hall–Kier alpha value is -1.29. The lowest BCUT2D eigenvalue weighted by Crippen LogP contribution is -2.25. The van der Waals surface area contributed by atoms with Gasteiger partial charge >= 0.3 is 6.18 Å². The van der Waals surface area contributed by atoms with Gasteiger partial charge in [-0.05, 0) is 17.9 Å². The summed E-state index contributed by atoms with van der Waals surface area (Å²) in [5.41, 5.74) is 1.06. The van der Waals surface area contributed by atoms with E-state index in [9.17, 15) is 13.2 Å². The highest BCUT2D eigenvalue weighted by Gasteiger charge is 2.39. The van der Waals surface area contributed by atoms with Gasteiger partial charge in [-0.15, -0.1) is 0 Å². The quantitative estimate of drug-likeness (QED) is 0.507. The monoisotopic (exact) mass is 286 g/mol. The molecule has 0 radical (unpaired) electrons. The van der Waals surface area contributed by atoms with Crippen LogP contribution in [0.25, 0.3) is 0 Å². The number of rotatable bonds is 7. The Morgan fingerprint density at radius 3 is 2.35 bits per heavy atom. The minimum absolute atomic E-state index is 0.425. The Kier molecular flexibility index (Phi) is 6.79. The molecule has 0 bridgehead atoms. The van der Waals surface area contributed by atoms with E-state index in [0.29, 0.717) is 19.6 Å². The minimum Gasteiger partial charge on any atom is -0.376 e. The van der Waals surface area contributed by atoms with Crippen molar-refractivity contribution in [2.45, 2.75) is 33.1 Å². The summed E-state index contributed by atoms with van der Waals surface area (Å²) in [7, 11) is 0. The topological polar surface area (TPSA) is 9.23 Å². The number of ether oxygens (including phenoxy) is 1. The summed E-state index contributed by atoms with van der Waals surface area (Å²) in [6.07, 6.45) is -0.874. The number of benzene rings is 1. The predicted molar refractivity (Wildman–Crippen MR) is 74.2 cm³/mol. The predicted octanol–water partition coefficient (Wildman–Crippen LogP) is 4.98. The van der Waals surface area contributed by atoms with E-state index in [2.05, 4.69) is 0 Å². The van der Waals surface area contributed by atoms with E-state index in [0.717, 1.165) is 5.56 Å². The van der Waals surface area contributed by atoms with Crippen LogP contribution in [0.3, 0.4) is 0 Å². The molecule has 1 aromatic carbocycles. The molecule has 0 saturated heterocycles. The van der Waals surface area contributed by atoms with Gasteiger partial charge in [0.15, 0.2) is 0 Å². The fourth-order valence-electron chi connectivity index (χ4n) is 1.87. The van der Waals surface area contributed by atoms with Gasteiger partial charge in [-0.2, -0.15) is 13.2 Å². The summed E-state index contributed by atoms with van der Waals surface area (Å²) in [5, 5.41) is 0. The minimum atomic E-state index is -4.17. The lowest BCUT2D eigenvalue weighted by atomic mass is 9.94. The van der Waals surface area contributed by atoms with Crippen LogP contribution in [0.5, 0.6) is 0 Å². The molecule has 4 heteroatoms. The van der Waals surface area contributed by atoms with Crippen molar-refractivity contribution < 1.29 is 17.9 Å². The molecule has 1 unspecified atom stereocenters. The van der Waals surface area contributed by atoms with Crippen molar-refractivity contribution in [1.29, 1.82) is 0 Å². The molecule has 0 fully saturated rings. The first-order valence-electron chi connectivity index (χ1n) is 6.76. The Labute approximate surface area is 118 Å². The molecule has 112 valence electrons. The van der Waals surface area contributed by atoms with E-state index < -0.39 is 18.0 Å². The average molecular weight is 286 g/mol. The normalized spacial score (nSPS) is 14.1. The van der Waals surface area contributed by atoms with Crippen LogP contribution in [0.4, 0.5) is 13.2 Å². The highest BCUT2D eigenvalue weighted by Crippen LogP contribution is 2.32. The Bertz CT molecular complexity index is 396. The number of hydrogen-bond donors (Lipinski definition) is 0. The summed E-state index contributed by atoms with van der Waals surface area (Å²) >= 11 is 0. The standard InChI is InChI=1S/C16H21F3O/c1-13(2)15(16(17,18)19)10-6-7-11-20-12-14-8-4-3-5-9-14/h3-6,8-10,13,15H,7,11-12H2,1-2H3/b10-6+.